The molecule has 1 aromatic rings. The Hall–Kier alpha value is -1.31. The topological polar surface area (TPSA) is 20.3 Å². The van der Waals surface area contributed by atoms with Crippen LogP contribution in [0.3, 0.4) is 0 Å². The minimum Gasteiger partial charge on any atom is -0.342 e. The van der Waals surface area contributed by atoms with Crippen molar-refractivity contribution in [2.24, 2.45) is 5.92 Å². The van der Waals surface area contributed by atoms with Crippen molar-refractivity contribution in [1.82, 2.24) is 4.90 Å². The van der Waals surface area contributed by atoms with Crippen molar-refractivity contribution in [3.05, 3.63) is 35.9 Å². The molecule has 1 aliphatic heterocycles. The highest BCUT2D eigenvalue weighted by Crippen LogP contribution is 2.45. The molecule has 0 spiro atoms. The first-order valence-corrected chi connectivity index (χ1v) is 7.57. The Morgan fingerprint density at radius 2 is 1.79 bits per heavy atom. The molecule has 1 aliphatic carbocycles. The van der Waals surface area contributed by atoms with Crippen molar-refractivity contribution < 1.29 is 4.79 Å². The van der Waals surface area contributed by atoms with E-state index in [1.807, 2.05) is 6.07 Å². The molecule has 1 saturated heterocycles. The van der Waals surface area contributed by atoms with Crippen molar-refractivity contribution in [1.29, 1.82) is 0 Å². The fourth-order valence-corrected chi connectivity index (χ4v) is 3.43. The van der Waals surface area contributed by atoms with E-state index in [0.29, 0.717) is 5.91 Å². The molecule has 102 valence electrons. The summed E-state index contributed by atoms with van der Waals surface area (Å²) in [5, 5.41) is 0. The molecule has 1 saturated carbocycles. The van der Waals surface area contributed by atoms with Crippen LogP contribution in [-0.4, -0.2) is 23.9 Å². The summed E-state index contributed by atoms with van der Waals surface area (Å²) in [5.74, 6) is 1.16. The largest absolute Gasteiger partial charge is 0.342 e. The lowest BCUT2D eigenvalue weighted by Gasteiger charge is -2.45. The normalized spacial score (nSPS) is 22.9. The number of hydrogen-bond donors (Lipinski definition) is 0. The Labute approximate surface area is 115 Å². The second kappa shape index (κ2) is 4.99. The lowest BCUT2D eigenvalue weighted by molar-refractivity contribution is -0.142. The maximum atomic E-state index is 12.9. The van der Waals surface area contributed by atoms with Crippen molar-refractivity contribution in [2.75, 3.05) is 13.1 Å². The molecule has 0 atom stereocenters. The molecule has 0 aromatic heterocycles. The Kier molecular flexibility index (Phi) is 3.34. The Bertz CT molecular complexity index is 442. The van der Waals surface area contributed by atoms with Crippen molar-refractivity contribution >= 4 is 5.91 Å². The Balaban J connectivity index is 1.81. The number of likely N-dealkylation sites (tertiary alicyclic amines) is 1. The zero-order chi connectivity index (χ0) is 13.3. The average molecular weight is 257 g/mol. The first-order valence-electron chi connectivity index (χ1n) is 7.57. The lowest BCUT2D eigenvalue weighted by atomic mass is 9.63. The molecule has 0 radical (unpaired) electrons. The smallest absolute Gasteiger partial charge is 0.233 e. The summed E-state index contributed by atoms with van der Waals surface area (Å²) in [4.78, 5) is 15.1. The minimum atomic E-state index is -0.193. The maximum Gasteiger partial charge on any atom is 0.233 e. The van der Waals surface area contributed by atoms with E-state index in [-0.39, 0.29) is 5.41 Å². The van der Waals surface area contributed by atoms with Crippen LogP contribution in [0, 0.1) is 5.92 Å². The number of benzene rings is 1. The van der Waals surface area contributed by atoms with Gasteiger partial charge in [-0.3, -0.25) is 4.79 Å². The van der Waals surface area contributed by atoms with Gasteiger partial charge in [-0.05, 0) is 37.2 Å². The van der Waals surface area contributed by atoms with Gasteiger partial charge in [-0.1, -0.05) is 43.7 Å². The lowest BCUT2D eigenvalue weighted by Crippen LogP contribution is -2.52. The summed E-state index contributed by atoms with van der Waals surface area (Å²) in [6, 6.07) is 10.4. The first-order chi connectivity index (χ1) is 9.22. The van der Waals surface area contributed by atoms with Crippen molar-refractivity contribution in [2.45, 2.75) is 44.4 Å². The summed E-state index contributed by atoms with van der Waals surface area (Å²) < 4.78 is 0. The maximum absolute atomic E-state index is 12.9. The molecule has 1 aromatic carbocycles. The van der Waals surface area contributed by atoms with Crippen LogP contribution >= 0.6 is 0 Å². The van der Waals surface area contributed by atoms with Crippen LogP contribution in [0.4, 0.5) is 0 Å². The zero-order valence-corrected chi connectivity index (χ0v) is 11.8. The van der Waals surface area contributed by atoms with Gasteiger partial charge in [0.05, 0.1) is 5.41 Å². The number of nitrogens with zero attached hydrogens (tertiary/aromatic N) is 1. The first kappa shape index (κ1) is 12.7. The fourth-order valence-electron chi connectivity index (χ4n) is 3.43. The number of carbonyl (C=O) groups excluding carboxylic acids is 1. The van der Waals surface area contributed by atoms with Gasteiger partial charge in [0.1, 0.15) is 0 Å². The van der Waals surface area contributed by atoms with Gasteiger partial charge in [0.25, 0.3) is 0 Å². The van der Waals surface area contributed by atoms with Gasteiger partial charge in [-0.15, -0.1) is 0 Å². The van der Waals surface area contributed by atoms with Gasteiger partial charge in [0.2, 0.25) is 5.91 Å². The van der Waals surface area contributed by atoms with Gasteiger partial charge in [0, 0.05) is 13.1 Å². The predicted molar refractivity (Wildman–Crippen MR) is 76.9 cm³/mol. The van der Waals surface area contributed by atoms with Crippen LogP contribution in [0.25, 0.3) is 0 Å². The van der Waals surface area contributed by atoms with Crippen molar-refractivity contribution in [3.63, 3.8) is 0 Å². The van der Waals surface area contributed by atoms with Gasteiger partial charge in [-0.2, -0.15) is 0 Å². The van der Waals surface area contributed by atoms with E-state index in [2.05, 4.69) is 36.1 Å². The Morgan fingerprint density at radius 1 is 1.16 bits per heavy atom. The van der Waals surface area contributed by atoms with Crippen LogP contribution in [0.1, 0.15) is 44.6 Å². The fraction of sp³-hybridized carbons (Fsp3) is 0.588. The standard InChI is InChI=1S/C17H23NO/c1-14-8-12-18(13-9-14)16(19)17(10-5-11-17)15-6-3-2-4-7-15/h2-4,6-7,14H,5,8-13H2,1H3. The number of amides is 1. The summed E-state index contributed by atoms with van der Waals surface area (Å²) in [7, 11) is 0. The Morgan fingerprint density at radius 3 is 2.32 bits per heavy atom. The molecule has 2 aliphatic rings. The molecule has 0 N–H and O–H groups in total. The zero-order valence-electron chi connectivity index (χ0n) is 11.8. The van der Waals surface area contributed by atoms with Gasteiger partial charge < -0.3 is 4.90 Å². The van der Waals surface area contributed by atoms with E-state index in [1.54, 1.807) is 0 Å². The summed E-state index contributed by atoms with van der Waals surface area (Å²) >= 11 is 0. The van der Waals surface area contributed by atoms with E-state index >= 15 is 0 Å². The monoisotopic (exact) mass is 257 g/mol. The predicted octanol–water partition coefficient (Wildman–Crippen LogP) is 3.37. The van der Waals surface area contributed by atoms with Gasteiger partial charge in [-0.25, -0.2) is 0 Å². The molecular formula is C17H23NO. The number of rotatable bonds is 2. The number of carbonyl (C=O) groups is 1. The average Bonchev–Trinajstić information content (AvgIpc) is 2.39. The number of hydrogen-bond acceptors (Lipinski definition) is 1. The van der Waals surface area contributed by atoms with E-state index in [9.17, 15) is 4.79 Å². The van der Waals surface area contributed by atoms with E-state index < -0.39 is 0 Å². The quantitative estimate of drug-likeness (QED) is 0.795. The second-order valence-corrected chi connectivity index (χ2v) is 6.28. The van der Waals surface area contributed by atoms with Crippen LogP contribution in [-0.2, 0) is 10.2 Å². The minimum absolute atomic E-state index is 0.193. The molecule has 0 unspecified atom stereocenters. The molecule has 2 heteroatoms. The van der Waals surface area contributed by atoms with E-state index in [0.717, 1.165) is 44.7 Å². The third-order valence-corrected chi connectivity index (χ3v) is 5.01. The highest BCUT2D eigenvalue weighted by molar-refractivity contribution is 5.89. The van der Waals surface area contributed by atoms with E-state index in [1.165, 1.54) is 12.0 Å². The molecule has 2 nitrogen and oxygen atoms in total. The molecule has 1 heterocycles. The summed E-state index contributed by atoms with van der Waals surface area (Å²) in [5.41, 5.74) is 1.03. The SMILES string of the molecule is CC1CCN(C(=O)C2(c3ccccc3)CCC2)CC1. The summed E-state index contributed by atoms with van der Waals surface area (Å²) in [6.45, 7) is 4.20. The van der Waals surface area contributed by atoms with Crippen LogP contribution in [0.2, 0.25) is 0 Å². The molecule has 2 fully saturated rings. The molecule has 1 amide bonds. The van der Waals surface area contributed by atoms with Gasteiger partial charge in [0.15, 0.2) is 0 Å². The second-order valence-electron chi connectivity index (χ2n) is 6.28. The summed E-state index contributed by atoms with van der Waals surface area (Å²) in [6.07, 6.45) is 5.57. The van der Waals surface area contributed by atoms with Crippen LogP contribution < -0.4 is 0 Å². The molecular weight excluding hydrogens is 234 g/mol. The van der Waals surface area contributed by atoms with E-state index in [4.69, 9.17) is 0 Å². The van der Waals surface area contributed by atoms with Crippen LogP contribution in [0.5, 0.6) is 0 Å². The highest BCUT2D eigenvalue weighted by Gasteiger charge is 2.47. The molecule has 19 heavy (non-hydrogen) atoms. The third-order valence-electron chi connectivity index (χ3n) is 5.01. The molecule has 3 rings (SSSR count). The number of piperidine rings is 1. The van der Waals surface area contributed by atoms with Gasteiger partial charge >= 0.3 is 0 Å². The van der Waals surface area contributed by atoms with Crippen LogP contribution in [0.15, 0.2) is 30.3 Å². The third kappa shape index (κ3) is 2.18. The highest BCUT2D eigenvalue weighted by atomic mass is 16.2. The molecule has 0 bridgehead atoms. The van der Waals surface area contributed by atoms with Crippen molar-refractivity contribution in [3.8, 4) is 0 Å².